The van der Waals surface area contributed by atoms with E-state index < -0.39 is 16.4 Å². The largest absolute Gasteiger partial charge is 0.500 e. The molecule has 0 aliphatic heterocycles. The zero-order valence-corrected chi connectivity index (χ0v) is 12.6. The number of rotatable bonds is 5. The summed E-state index contributed by atoms with van der Waals surface area (Å²) in [5, 5.41) is 31.4. The maximum Gasteiger partial charge on any atom is 0.315 e. The van der Waals surface area contributed by atoms with Crippen LogP contribution in [-0.4, -0.2) is 37.7 Å². The second kappa shape index (κ2) is 6.35. The van der Waals surface area contributed by atoms with E-state index in [0.717, 1.165) is 0 Å². The second-order valence-electron chi connectivity index (χ2n) is 4.21. The Morgan fingerprint density at radius 3 is 2.91 bits per heavy atom. The highest BCUT2D eigenvalue weighted by Crippen LogP contribution is 2.36. The van der Waals surface area contributed by atoms with Crippen LogP contribution in [0.2, 0.25) is 0 Å². The number of ether oxygens (including phenoxy) is 1. The normalized spacial score (nSPS) is 11.0. The van der Waals surface area contributed by atoms with Gasteiger partial charge in [-0.25, -0.2) is 0 Å². The number of hydrogen-bond donors (Lipinski definition) is 2. The molecule has 1 aromatic heterocycles. The van der Waals surface area contributed by atoms with Crippen molar-refractivity contribution in [2.24, 2.45) is 5.10 Å². The number of aryl methyl sites for hydroxylation is 1. The number of H-pyrrole nitrogens is 1. The first-order valence-corrected chi connectivity index (χ1v) is 6.67. The minimum atomic E-state index is -0.691. The van der Waals surface area contributed by atoms with E-state index in [0.29, 0.717) is 16.2 Å². The maximum atomic E-state index is 11.0. The molecule has 0 aliphatic carbocycles. The Morgan fingerprint density at radius 1 is 1.64 bits per heavy atom. The zero-order valence-electron chi connectivity index (χ0n) is 11.8. The molecular formula is C12H13N5O4S. The second-order valence-corrected chi connectivity index (χ2v) is 4.60. The van der Waals surface area contributed by atoms with Crippen LogP contribution in [-0.2, 0) is 0 Å². The number of benzene rings is 1. The Balaban J connectivity index is 2.47. The number of hydrogen-bond acceptors (Lipinski definition) is 7. The number of aromatic amines is 1. The monoisotopic (exact) mass is 323 g/mol. The Kier molecular flexibility index (Phi) is 4.51. The van der Waals surface area contributed by atoms with Crippen LogP contribution < -0.4 is 4.74 Å². The van der Waals surface area contributed by atoms with Gasteiger partial charge in [-0.15, -0.1) is 0 Å². The van der Waals surface area contributed by atoms with Crippen molar-refractivity contribution in [2.75, 3.05) is 6.61 Å². The highest BCUT2D eigenvalue weighted by Gasteiger charge is 2.19. The number of nitrogens with zero attached hydrogens (tertiary/aromatic N) is 4. The third kappa shape index (κ3) is 3.11. The van der Waals surface area contributed by atoms with E-state index in [1.165, 1.54) is 23.0 Å². The molecule has 0 bridgehead atoms. The number of nitro benzene ring substituents is 1. The lowest BCUT2D eigenvalue weighted by Crippen LogP contribution is -1.99. The first-order valence-electron chi connectivity index (χ1n) is 6.26. The SMILES string of the molecule is CCOc1cc(/C=N/n2c(C)n[nH]c2=S)cc([N+](=O)[O-])c1O. The van der Waals surface area contributed by atoms with Gasteiger partial charge in [0.1, 0.15) is 5.82 Å². The predicted molar refractivity (Wildman–Crippen MR) is 81.1 cm³/mol. The molecule has 2 aromatic rings. The molecule has 2 N–H and O–H groups in total. The number of nitro groups is 1. The van der Waals surface area contributed by atoms with Gasteiger partial charge in [0.15, 0.2) is 5.75 Å². The van der Waals surface area contributed by atoms with Crippen LogP contribution in [0.5, 0.6) is 11.5 Å². The first kappa shape index (κ1) is 15.6. The van der Waals surface area contributed by atoms with Crippen molar-refractivity contribution in [3.63, 3.8) is 0 Å². The molecule has 0 saturated heterocycles. The van der Waals surface area contributed by atoms with Gasteiger partial charge >= 0.3 is 5.69 Å². The van der Waals surface area contributed by atoms with Crippen LogP contribution >= 0.6 is 12.2 Å². The zero-order chi connectivity index (χ0) is 16.3. The van der Waals surface area contributed by atoms with Gasteiger partial charge in [-0.3, -0.25) is 15.2 Å². The molecule has 0 fully saturated rings. The van der Waals surface area contributed by atoms with Gasteiger partial charge in [0.2, 0.25) is 10.5 Å². The minimum absolute atomic E-state index is 0.0191. The Hall–Kier alpha value is -2.75. The summed E-state index contributed by atoms with van der Waals surface area (Å²) in [5.41, 5.74) is -0.0737. The third-order valence-electron chi connectivity index (χ3n) is 2.71. The molecule has 116 valence electrons. The van der Waals surface area contributed by atoms with Crippen molar-refractivity contribution in [2.45, 2.75) is 13.8 Å². The quantitative estimate of drug-likeness (QED) is 0.376. The smallest absolute Gasteiger partial charge is 0.315 e. The fourth-order valence-corrected chi connectivity index (χ4v) is 1.95. The molecule has 9 nitrogen and oxygen atoms in total. The summed E-state index contributed by atoms with van der Waals surface area (Å²) in [4.78, 5) is 10.3. The lowest BCUT2D eigenvalue weighted by molar-refractivity contribution is -0.386. The highest BCUT2D eigenvalue weighted by atomic mass is 32.1. The van der Waals surface area contributed by atoms with Gasteiger partial charge < -0.3 is 9.84 Å². The molecule has 0 atom stereocenters. The predicted octanol–water partition coefficient (Wildman–Crippen LogP) is 2.14. The lowest BCUT2D eigenvalue weighted by Gasteiger charge is -2.07. The summed E-state index contributed by atoms with van der Waals surface area (Å²) in [6, 6.07) is 2.65. The molecule has 0 amide bonds. The molecule has 0 radical (unpaired) electrons. The summed E-state index contributed by atoms with van der Waals surface area (Å²) >= 11 is 5.00. The van der Waals surface area contributed by atoms with E-state index in [1.54, 1.807) is 13.8 Å². The Bertz CT molecular complexity index is 795. The van der Waals surface area contributed by atoms with Crippen molar-refractivity contribution in [3.8, 4) is 11.5 Å². The average Bonchev–Trinajstić information content (AvgIpc) is 2.78. The van der Waals surface area contributed by atoms with Gasteiger partial charge in [-0.2, -0.15) is 14.9 Å². The fraction of sp³-hybridized carbons (Fsp3) is 0.250. The van der Waals surface area contributed by atoms with Gasteiger partial charge in [-0.05, 0) is 32.1 Å². The molecule has 0 unspecified atom stereocenters. The standard InChI is InChI=1S/C12H13N5O4S/c1-3-21-10-5-8(4-9(11(10)18)17(19)20)6-13-16-7(2)14-15-12(16)22/h4-6,18H,3H2,1-2H3,(H,15,22)/b13-6+. The van der Waals surface area contributed by atoms with Crippen molar-refractivity contribution < 1.29 is 14.8 Å². The summed E-state index contributed by atoms with van der Waals surface area (Å²) < 4.78 is 6.86. The number of aromatic hydroxyl groups is 1. The van der Waals surface area contributed by atoms with Crippen LogP contribution in [0, 0.1) is 21.8 Å². The van der Waals surface area contributed by atoms with Gasteiger partial charge in [0, 0.05) is 11.6 Å². The maximum absolute atomic E-state index is 11.0. The summed E-state index contributed by atoms with van der Waals surface area (Å²) in [5.74, 6) is 0.0466. The van der Waals surface area contributed by atoms with E-state index >= 15 is 0 Å². The van der Waals surface area contributed by atoms with E-state index in [-0.39, 0.29) is 12.4 Å². The molecule has 1 heterocycles. The van der Waals surface area contributed by atoms with E-state index in [9.17, 15) is 15.2 Å². The average molecular weight is 323 g/mol. The number of aromatic nitrogens is 3. The van der Waals surface area contributed by atoms with Crippen molar-refractivity contribution in [3.05, 3.63) is 38.4 Å². The van der Waals surface area contributed by atoms with Crippen LogP contribution in [0.1, 0.15) is 18.3 Å². The van der Waals surface area contributed by atoms with Gasteiger partial charge in [0.05, 0.1) is 17.7 Å². The van der Waals surface area contributed by atoms with Crippen LogP contribution in [0.15, 0.2) is 17.2 Å². The van der Waals surface area contributed by atoms with Gasteiger partial charge in [-0.1, -0.05) is 0 Å². The molecular weight excluding hydrogens is 310 g/mol. The van der Waals surface area contributed by atoms with Crippen LogP contribution in [0.3, 0.4) is 0 Å². The number of phenolic OH excluding ortho intramolecular Hbond substituents is 1. The number of nitrogens with one attached hydrogen (secondary N) is 1. The van der Waals surface area contributed by atoms with Gasteiger partial charge in [0.25, 0.3) is 0 Å². The third-order valence-corrected chi connectivity index (χ3v) is 2.97. The topological polar surface area (TPSA) is 119 Å². The van der Waals surface area contributed by atoms with Crippen LogP contribution in [0.25, 0.3) is 0 Å². The molecule has 0 aliphatic rings. The fourth-order valence-electron chi connectivity index (χ4n) is 1.72. The molecule has 1 aromatic carbocycles. The molecule has 0 spiro atoms. The number of phenols is 1. The Morgan fingerprint density at radius 2 is 2.36 bits per heavy atom. The van der Waals surface area contributed by atoms with Crippen molar-refractivity contribution in [1.29, 1.82) is 0 Å². The minimum Gasteiger partial charge on any atom is -0.500 e. The lowest BCUT2D eigenvalue weighted by atomic mass is 10.2. The summed E-state index contributed by atoms with van der Waals surface area (Å²) in [6.45, 7) is 3.67. The molecule has 0 saturated carbocycles. The van der Waals surface area contributed by atoms with Crippen molar-refractivity contribution >= 4 is 24.1 Å². The van der Waals surface area contributed by atoms with E-state index in [1.807, 2.05) is 0 Å². The summed E-state index contributed by atoms with van der Waals surface area (Å²) in [6.07, 6.45) is 1.37. The van der Waals surface area contributed by atoms with Crippen molar-refractivity contribution in [1.82, 2.24) is 14.9 Å². The van der Waals surface area contributed by atoms with E-state index in [2.05, 4.69) is 15.3 Å². The molecule has 2 rings (SSSR count). The van der Waals surface area contributed by atoms with Crippen LogP contribution in [0.4, 0.5) is 5.69 Å². The molecule has 22 heavy (non-hydrogen) atoms. The summed E-state index contributed by atoms with van der Waals surface area (Å²) in [7, 11) is 0. The molecule has 10 heteroatoms. The first-order chi connectivity index (χ1) is 10.4. The Labute approximate surface area is 130 Å². The highest BCUT2D eigenvalue weighted by molar-refractivity contribution is 7.71. The van der Waals surface area contributed by atoms with E-state index in [4.69, 9.17) is 17.0 Å².